The third kappa shape index (κ3) is 2.02. The van der Waals surface area contributed by atoms with Crippen LogP contribution in [0.1, 0.15) is 20.8 Å². The number of aldehydes is 1. The second kappa shape index (κ2) is 4.34. The van der Waals surface area contributed by atoms with Crippen LogP contribution in [0.15, 0.2) is 24.7 Å². The average Bonchev–Trinajstić information content (AvgIpc) is 2.77. The van der Waals surface area contributed by atoms with Crippen LogP contribution in [0, 0.1) is 0 Å². The molecular weight excluding hydrogens is 246 g/mol. The number of hydrogen-bond acceptors (Lipinski definition) is 4. The Kier molecular flexibility index (Phi) is 2.88. The molecule has 6 nitrogen and oxygen atoms in total. The molecule has 86 valence electrons. The molecule has 17 heavy (non-hydrogen) atoms. The summed E-state index contributed by atoms with van der Waals surface area (Å²) in [5.74, 6) is -1.15. The molecule has 0 amide bonds. The van der Waals surface area contributed by atoms with Gasteiger partial charge in [-0.15, -0.1) is 0 Å². The lowest BCUT2D eigenvalue weighted by Crippen LogP contribution is -2.04. The van der Waals surface area contributed by atoms with Crippen LogP contribution >= 0.6 is 11.6 Å². The zero-order valence-electron chi connectivity index (χ0n) is 8.37. The summed E-state index contributed by atoms with van der Waals surface area (Å²) < 4.78 is 1.24. The average molecular weight is 252 g/mol. The van der Waals surface area contributed by atoms with Crippen LogP contribution in [0.25, 0.3) is 5.69 Å². The Labute approximate surface area is 100 Å². The molecule has 2 heterocycles. The maximum Gasteiger partial charge on any atom is 0.356 e. The number of rotatable bonds is 3. The molecule has 0 saturated heterocycles. The fourth-order valence-electron chi connectivity index (χ4n) is 1.31. The van der Waals surface area contributed by atoms with Crippen molar-refractivity contribution in [2.45, 2.75) is 0 Å². The van der Waals surface area contributed by atoms with E-state index in [4.69, 9.17) is 16.7 Å². The van der Waals surface area contributed by atoms with Gasteiger partial charge in [0.25, 0.3) is 0 Å². The predicted molar refractivity (Wildman–Crippen MR) is 58.7 cm³/mol. The Bertz CT molecular complexity index is 594. The van der Waals surface area contributed by atoms with E-state index in [1.54, 1.807) is 0 Å². The monoisotopic (exact) mass is 251 g/mol. The van der Waals surface area contributed by atoms with Crippen LogP contribution in [0.5, 0.6) is 0 Å². The van der Waals surface area contributed by atoms with Crippen molar-refractivity contribution in [3.8, 4) is 5.69 Å². The van der Waals surface area contributed by atoms with Gasteiger partial charge in [-0.3, -0.25) is 9.78 Å². The van der Waals surface area contributed by atoms with E-state index >= 15 is 0 Å². The Morgan fingerprint density at radius 3 is 2.82 bits per heavy atom. The molecule has 0 spiro atoms. The highest BCUT2D eigenvalue weighted by Gasteiger charge is 2.12. The summed E-state index contributed by atoms with van der Waals surface area (Å²) in [5.41, 5.74) is 0.420. The quantitative estimate of drug-likeness (QED) is 0.834. The second-order valence-electron chi connectivity index (χ2n) is 3.12. The molecule has 0 aliphatic rings. The van der Waals surface area contributed by atoms with Gasteiger partial charge in [-0.1, -0.05) is 11.6 Å². The lowest BCUT2D eigenvalue weighted by atomic mass is 10.2. The van der Waals surface area contributed by atoms with E-state index < -0.39 is 5.97 Å². The van der Waals surface area contributed by atoms with Gasteiger partial charge in [0.15, 0.2) is 12.0 Å². The topological polar surface area (TPSA) is 85.1 Å². The maximum absolute atomic E-state index is 10.9. The number of aromatic carboxylic acids is 1. The molecule has 0 radical (unpaired) electrons. The van der Waals surface area contributed by atoms with Gasteiger partial charge in [-0.05, 0) is 6.07 Å². The van der Waals surface area contributed by atoms with Crippen molar-refractivity contribution in [2.24, 2.45) is 0 Å². The Balaban J connectivity index is 2.56. The second-order valence-corrected chi connectivity index (χ2v) is 3.53. The molecule has 0 aliphatic carbocycles. The van der Waals surface area contributed by atoms with Crippen molar-refractivity contribution >= 4 is 23.9 Å². The summed E-state index contributed by atoms with van der Waals surface area (Å²) in [7, 11) is 0. The number of aromatic nitrogens is 3. The van der Waals surface area contributed by atoms with Crippen LogP contribution in [-0.4, -0.2) is 32.1 Å². The highest BCUT2D eigenvalue weighted by molar-refractivity contribution is 6.33. The van der Waals surface area contributed by atoms with Gasteiger partial charge >= 0.3 is 5.97 Å². The smallest absolute Gasteiger partial charge is 0.356 e. The van der Waals surface area contributed by atoms with Gasteiger partial charge in [0.2, 0.25) is 0 Å². The summed E-state index contributed by atoms with van der Waals surface area (Å²) in [6, 6.07) is 1.32. The molecule has 0 bridgehead atoms. The highest BCUT2D eigenvalue weighted by atomic mass is 35.5. The maximum atomic E-state index is 10.9. The molecular formula is C10H6ClN3O3. The minimum absolute atomic E-state index is 0.123. The number of carbonyl (C=O) groups is 2. The summed E-state index contributed by atoms with van der Waals surface area (Å²) >= 11 is 5.80. The van der Waals surface area contributed by atoms with Gasteiger partial charge in [0, 0.05) is 12.4 Å². The normalized spacial score (nSPS) is 10.2. The summed E-state index contributed by atoms with van der Waals surface area (Å²) in [4.78, 5) is 25.4. The number of pyridine rings is 1. The first-order chi connectivity index (χ1) is 8.13. The molecule has 2 rings (SSSR count). The fraction of sp³-hybridized carbons (Fsp3) is 0. The molecule has 0 fully saturated rings. The number of carboxylic acid groups (broad SMARTS) is 1. The van der Waals surface area contributed by atoms with Crippen molar-refractivity contribution in [3.05, 3.63) is 40.9 Å². The van der Waals surface area contributed by atoms with Gasteiger partial charge in [-0.2, -0.15) is 5.10 Å². The first-order valence-electron chi connectivity index (χ1n) is 4.51. The fourth-order valence-corrected chi connectivity index (χ4v) is 1.50. The lowest BCUT2D eigenvalue weighted by molar-refractivity contribution is 0.0690. The highest BCUT2D eigenvalue weighted by Crippen LogP contribution is 2.19. The van der Waals surface area contributed by atoms with E-state index in [-0.39, 0.29) is 16.3 Å². The third-order valence-electron chi connectivity index (χ3n) is 2.09. The zero-order chi connectivity index (χ0) is 12.4. The van der Waals surface area contributed by atoms with Gasteiger partial charge in [-0.25, -0.2) is 9.48 Å². The first-order valence-corrected chi connectivity index (χ1v) is 4.89. The predicted octanol–water partition coefficient (Wildman–Crippen LogP) is 1.43. The van der Waals surface area contributed by atoms with Crippen molar-refractivity contribution in [3.63, 3.8) is 0 Å². The van der Waals surface area contributed by atoms with Crippen LogP contribution in [0.3, 0.4) is 0 Å². The Hall–Kier alpha value is -2.21. The van der Waals surface area contributed by atoms with Crippen LogP contribution in [0.2, 0.25) is 5.02 Å². The standard InChI is InChI=1S/C10H6ClN3O3/c11-7-3-12-4-9(6(7)5-15)14-2-1-8(13-14)10(16)17/h1-5H,(H,16,17). The molecule has 0 aromatic carbocycles. The molecule has 2 aromatic heterocycles. The van der Waals surface area contributed by atoms with Crippen molar-refractivity contribution in [1.82, 2.24) is 14.8 Å². The van der Waals surface area contributed by atoms with E-state index in [9.17, 15) is 9.59 Å². The molecule has 2 aromatic rings. The van der Waals surface area contributed by atoms with Crippen LogP contribution < -0.4 is 0 Å². The number of halogens is 1. The lowest BCUT2D eigenvalue weighted by Gasteiger charge is -2.04. The Morgan fingerprint density at radius 1 is 1.47 bits per heavy atom. The minimum Gasteiger partial charge on any atom is -0.476 e. The van der Waals surface area contributed by atoms with Crippen LogP contribution in [0.4, 0.5) is 0 Å². The van der Waals surface area contributed by atoms with Gasteiger partial charge in [0.1, 0.15) is 0 Å². The summed E-state index contributed by atoms with van der Waals surface area (Å²) in [6.45, 7) is 0. The Morgan fingerprint density at radius 2 is 2.24 bits per heavy atom. The zero-order valence-corrected chi connectivity index (χ0v) is 9.13. The van der Waals surface area contributed by atoms with Crippen molar-refractivity contribution < 1.29 is 14.7 Å². The first kappa shape index (κ1) is 11.3. The third-order valence-corrected chi connectivity index (χ3v) is 2.39. The van der Waals surface area contributed by atoms with E-state index in [0.717, 1.165) is 0 Å². The van der Waals surface area contributed by atoms with Crippen molar-refractivity contribution in [1.29, 1.82) is 0 Å². The van der Waals surface area contributed by atoms with Crippen LogP contribution in [-0.2, 0) is 0 Å². The van der Waals surface area contributed by atoms with Gasteiger partial charge in [0.05, 0.1) is 22.5 Å². The molecule has 7 heteroatoms. The number of hydrogen-bond donors (Lipinski definition) is 1. The molecule has 0 saturated carbocycles. The molecule has 0 aliphatic heterocycles. The summed E-state index contributed by atoms with van der Waals surface area (Å²) in [6.07, 6.45) is 4.70. The summed E-state index contributed by atoms with van der Waals surface area (Å²) in [5, 5.41) is 12.7. The van der Waals surface area contributed by atoms with Gasteiger partial charge < -0.3 is 5.11 Å². The largest absolute Gasteiger partial charge is 0.476 e. The molecule has 0 unspecified atom stereocenters. The van der Waals surface area contributed by atoms with E-state index in [1.165, 1.54) is 29.3 Å². The van der Waals surface area contributed by atoms with E-state index in [0.29, 0.717) is 12.0 Å². The van der Waals surface area contributed by atoms with Crippen molar-refractivity contribution in [2.75, 3.05) is 0 Å². The van der Waals surface area contributed by atoms with E-state index in [2.05, 4.69) is 10.1 Å². The molecule has 1 N–H and O–H groups in total. The number of carboxylic acids is 1. The number of nitrogens with zero attached hydrogens (tertiary/aromatic N) is 3. The van der Waals surface area contributed by atoms with E-state index in [1.807, 2.05) is 0 Å². The molecule has 0 atom stereocenters. The number of carbonyl (C=O) groups excluding carboxylic acids is 1. The SMILES string of the molecule is O=Cc1c(Cl)cncc1-n1ccc(C(=O)O)n1. The minimum atomic E-state index is -1.15.